The minimum absolute atomic E-state index is 0.284. The Morgan fingerprint density at radius 1 is 1.25 bits per heavy atom. The summed E-state index contributed by atoms with van der Waals surface area (Å²) in [4.78, 5) is 11.8. The first kappa shape index (κ1) is 14.9. The van der Waals surface area contributed by atoms with Crippen LogP contribution in [-0.4, -0.2) is 24.2 Å². The summed E-state index contributed by atoms with van der Waals surface area (Å²) in [5.74, 6) is -0.104. The molecule has 2 N–H and O–H groups in total. The standard InChI is InChI=1S/C16H23NO3/c1-16(15(18)19,17-13-6-4-3-5-7-13)12-8-10-14(20-2)11-9-12/h8-11,13,17H,3-7H2,1-2H3,(H,18,19). The summed E-state index contributed by atoms with van der Waals surface area (Å²) in [6.07, 6.45) is 5.72. The highest BCUT2D eigenvalue weighted by atomic mass is 16.5. The fourth-order valence-electron chi connectivity index (χ4n) is 2.85. The van der Waals surface area contributed by atoms with E-state index >= 15 is 0 Å². The normalized spacial score (nSPS) is 19.3. The van der Waals surface area contributed by atoms with Crippen molar-refractivity contribution in [3.63, 3.8) is 0 Å². The Morgan fingerprint density at radius 3 is 2.35 bits per heavy atom. The van der Waals surface area contributed by atoms with Crippen molar-refractivity contribution in [2.75, 3.05) is 7.11 Å². The summed E-state index contributed by atoms with van der Waals surface area (Å²) < 4.78 is 5.12. The highest BCUT2D eigenvalue weighted by molar-refractivity contribution is 5.80. The maximum atomic E-state index is 11.8. The quantitative estimate of drug-likeness (QED) is 0.869. The van der Waals surface area contributed by atoms with Gasteiger partial charge >= 0.3 is 5.97 Å². The molecule has 2 rings (SSSR count). The van der Waals surface area contributed by atoms with Gasteiger partial charge in [-0.1, -0.05) is 31.4 Å². The van der Waals surface area contributed by atoms with Gasteiger partial charge in [0.05, 0.1) is 7.11 Å². The largest absolute Gasteiger partial charge is 0.497 e. The molecule has 1 atom stereocenters. The van der Waals surface area contributed by atoms with E-state index in [1.54, 1.807) is 26.2 Å². The third-order valence-electron chi connectivity index (χ3n) is 4.19. The van der Waals surface area contributed by atoms with E-state index in [-0.39, 0.29) is 6.04 Å². The van der Waals surface area contributed by atoms with Crippen molar-refractivity contribution in [2.24, 2.45) is 0 Å². The topological polar surface area (TPSA) is 58.6 Å². The van der Waals surface area contributed by atoms with E-state index in [4.69, 9.17) is 4.74 Å². The van der Waals surface area contributed by atoms with Crippen LogP contribution in [-0.2, 0) is 10.3 Å². The number of hydrogen-bond acceptors (Lipinski definition) is 3. The first-order valence-corrected chi connectivity index (χ1v) is 7.22. The monoisotopic (exact) mass is 277 g/mol. The van der Waals surface area contributed by atoms with Gasteiger partial charge in [-0.2, -0.15) is 0 Å². The van der Waals surface area contributed by atoms with Crippen LogP contribution in [0, 0.1) is 0 Å². The van der Waals surface area contributed by atoms with Crippen molar-refractivity contribution >= 4 is 5.97 Å². The molecule has 0 bridgehead atoms. The molecule has 1 fully saturated rings. The van der Waals surface area contributed by atoms with Crippen molar-refractivity contribution < 1.29 is 14.6 Å². The molecule has 1 aliphatic rings. The summed E-state index contributed by atoms with van der Waals surface area (Å²) in [6, 6.07) is 7.54. The predicted octanol–water partition coefficient (Wildman–Crippen LogP) is 2.92. The Balaban J connectivity index is 2.20. The van der Waals surface area contributed by atoms with Gasteiger partial charge in [0.15, 0.2) is 0 Å². The molecule has 0 aliphatic heterocycles. The summed E-state index contributed by atoms with van der Waals surface area (Å²) >= 11 is 0. The maximum Gasteiger partial charge on any atom is 0.328 e. The second kappa shape index (κ2) is 6.27. The van der Waals surface area contributed by atoms with Gasteiger partial charge in [-0.05, 0) is 37.5 Å². The second-order valence-electron chi connectivity index (χ2n) is 5.64. The van der Waals surface area contributed by atoms with Gasteiger partial charge in [-0.25, -0.2) is 4.79 Å². The number of aliphatic carboxylic acids is 1. The van der Waals surface area contributed by atoms with Gasteiger partial charge in [0, 0.05) is 6.04 Å². The van der Waals surface area contributed by atoms with Crippen LogP contribution in [0.3, 0.4) is 0 Å². The van der Waals surface area contributed by atoms with Crippen LogP contribution in [0.4, 0.5) is 0 Å². The number of benzene rings is 1. The van der Waals surface area contributed by atoms with Crippen molar-refractivity contribution in [1.82, 2.24) is 5.32 Å². The summed E-state index contributed by atoms with van der Waals surface area (Å²) in [6.45, 7) is 1.74. The molecule has 0 radical (unpaired) electrons. The Hall–Kier alpha value is -1.55. The van der Waals surface area contributed by atoms with E-state index < -0.39 is 11.5 Å². The molecular weight excluding hydrogens is 254 g/mol. The van der Waals surface area contributed by atoms with Gasteiger partial charge < -0.3 is 9.84 Å². The first-order chi connectivity index (χ1) is 9.56. The number of carboxylic acids is 1. The molecule has 1 aromatic carbocycles. The molecule has 0 spiro atoms. The fourth-order valence-corrected chi connectivity index (χ4v) is 2.85. The van der Waals surface area contributed by atoms with Crippen molar-refractivity contribution in [1.29, 1.82) is 0 Å². The van der Waals surface area contributed by atoms with E-state index in [1.807, 2.05) is 12.1 Å². The van der Waals surface area contributed by atoms with E-state index in [2.05, 4.69) is 5.32 Å². The minimum Gasteiger partial charge on any atom is -0.497 e. The zero-order valence-electron chi connectivity index (χ0n) is 12.2. The summed E-state index contributed by atoms with van der Waals surface area (Å²) in [5.41, 5.74) is -0.287. The molecule has 4 nitrogen and oxygen atoms in total. The molecule has 4 heteroatoms. The number of carboxylic acid groups (broad SMARTS) is 1. The summed E-state index contributed by atoms with van der Waals surface area (Å²) in [5, 5.41) is 13.0. The Bertz CT molecular complexity index is 451. The van der Waals surface area contributed by atoms with Gasteiger partial charge in [-0.15, -0.1) is 0 Å². The molecule has 0 saturated heterocycles. The number of nitrogens with one attached hydrogen (secondary N) is 1. The van der Waals surface area contributed by atoms with E-state index in [1.165, 1.54) is 19.3 Å². The van der Waals surface area contributed by atoms with Crippen LogP contribution in [0.15, 0.2) is 24.3 Å². The third-order valence-corrected chi connectivity index (χ3v) is 4.19. The molecular formula is C16H23NO3. The highest BCUT2D eigenvalue weighted by Gasteiger charge is 2.37. The van der Waals surface area contributed by atoms with Crippen molar-refractivity contribution in [3.8, 4) is 5.75 Å². The van der Waals surface area contributed by atoms with Gasteiger partial charge in [0.25, 0.3) is 0 Å². The third kappa shape index (κ3) is 3.12. The molecule has 1 unspecified atom stereocenters. The highest BCUT2D eigenvalue weighted by Crippen LogP contribution is 2.27. The average Bonchev–Trinajstić information content (AvgIpc) is 2.48. The van der Waals surface area contributed by atoms with Gasteiger partial charge in [0.2, 0.25) is 0 Å². The van der Waals surface area contributed by atoms with Gasteiger partial charge in [0.1, 0.15) is 11.3 Å². The smallest absolute Gasteiger partial charge is 0.328 e. The Morgan fingerprint density at radius 2 is 1.85 bits per heavy atom. The second-order valence-corrected chi connectivity index (χ2v) is 5.64. The van der Waals surface area contributed by atoms with E-state index in [0.717, 1.165) is 24.2 Å². The minimum atomic E-state index is -1.05. The van der Waals surface area contributed by atoms with Crippen LogP contribution < -0.4 is 10.1 Å². The predicted molar refractivity (Wildman–Crippen MR) is 78.0 cm³/mol. The molecule has 20 heavy (non-hydrogen) atoms. The number of hydrogen-bond donors (Lipinski definition) is 2. The van der Waals surface area contributed by atoms with Crippen LogP contribution in [0.25, 0.3) is 0 Å². The lowest BCUT2D eigenvalue weighted by Crippen LogP contribution is -2.51. The number of ether oxygens (including phenoxy) is 1. The van der Waals surface area contributed by atoms with Crippen LogP contribution in [0.2, 0.25) is 0 Å². The molecule has 0 aromatic heterocycles. The average molecular weight is 277 g/mol. The Labute approximate surface area is 120 Å². The van der Waals surface area contributed by atoms with Crippen molar-refractivity contribution in [2.45, 2.75) is 50.6 Å². The zero-order valence-corrected chi connectivity index (χ0v) is 12.2. The Kier molecular flexibility index (Phi) is 4.65. The zero-order chi connectivity index (χ0) is 14.6. The molecule has 1 saturated carbocycles. The van der Waals surface area contributed by atoms with Crippen LogP contribution >= 0.6 is 0 Å². The molecule has 0 amide bonds. The summed E-state index contributed by atoms with van der Waals surface area (Å²) in [7, 11) is 1.60. The van der Waals surface area contributed by atoms with Crippen molar-refractivity contribution in [3.05, 3.63) is 29.8 Å². The molecule has 0 heterocycles. The fraction of sp³-hybridized carbons (Fsp3) is 0.562. The van der Waals surface area contributed by atoms with E-state index in [0.29, 0.717) is 0 Å². The lowest BCUT2D eigenvalue weighted by atomic mass is 9.87. The molecule has 1 aromatic rings. The SMILES string of the molecule is COc1ccc(C(C)(NC2CCCCC2)C(=O)O)cc1. The molecule has 110 valence electrons. The lowest BCUT2D eigenvalue weighted by Gasteiger charge is -2.34. The van der Waals surface area contributed by atoms with Gasteiger partial charge in [-0.3, -0.25) is 5.32 Å². The molecule has 1 aliphatic carbocycles. The van der Waals surface area contributed by atoms with Crippen LogP contribution in [0.5, 0.6) is 5.75 Å². The lowest BCUT2D eigenvalue weighted by molar-refractivity contribution is -0.145. The first-order valence-electron chi connectivity index (χ1n) is 7.22. The van der Waals surface area contributed by atoms with E-state index in [9.17, 15) is 9.90 Å². The maximum absolute atomic E-state index is 11.8. The van der Waals surface area contributed by atoms with Crippen LogP contribution in [0.1, 0.15) is 44.6 Å². The number of carbonyl (C=O) groups is 1. The number of rotatable bonds is 5. The number of methoxy groups -OCH3 is 1.